The molecule has 0 bridgehead atoms. The number of nitrogens with one attached hydrogen (secondary N) is 1. The molecule has 0 radical (unpaired) electrons. The molecule has 1 aromatic carbocycles. The number of carbonyl (C=O) groups excluding carboxylic acids is 1. The number of nitrogens with two attached hydrogens (primary N) is 1. The van der Waals surface area contributed by atoms with Crippen LogP contribution in [0, 0.1) is 0 Å². The van der Waals surface area contributed by atoms with Gasteiger partial charge in [-0.1, -0.05) is 19.1 Å². The van der Waals surface area contributed by atoms with Crippen LogP contribution >= 0.6 is 36.2 Å². The predicted molar refractivity (Wildman–Crippen MR) is 92.3 cm³/mol. The van der Waals surface area contributed by atoms with Gasteiger partial charge in [0.2, 0.25) is 5.91 Å². The molecule has 116 valence electrons. The molecule has 0 saturated heterocycles. The van der Waals surface area contributed by atoms with Crippen LogP contribution in [0.15, 0.2) is 35.8 Å². The first-order valence-electron chi connectivity index (χ1n) is 6.22. The topological polar surface area (TPSA) is 68.0 Å². The van der Waals surface area contributed by atoms with E-state index in [0.717, 1.165) is 17.0 Å². The summed E-state index contributed by atoms with van der Waals surface area (Å²) in [6.07, 6.45) is 2.96. The van der Waals surface area contributed by atoms with Crippen molar-refractivity contribution in [1.29, 1.82) is 0 Å². The molecule has 2 aromatic rings. The van der Waals surface area contributed by atoms with E-state index in [0.29, 0.717) is 12.1 Å². The van der Waals surface area contributed by atoms with Gasteiger partial charge in [-0.05, 0) is 24.1 Å². The first kappa shape index (κ1) is 19.7. The molecule has 0 aliphatic rings. The van der Waals surface area contributed by atoms with Crippen LogP contribution in [0.2, 0.25) is 0 Å². The summed E-state index contributed by atoms with van der Waals surface area (Å²) in [7, 11) is 0. The number of anilines is 1. The summed E-state index contributed by atoms with van der Waals surface area (Å²) in [4.78, 5) is 16.2. The van der Waals surface area contributed by atoms with Gasteiger partial charge in [-0.2, -0.15) is 0 Å². The van der Waals surface area contributed by atoms with Gasteiger partial charge in [-0.3, -0.25) is 4.79 Å². The van der Waals surface area contributed by atoms with E-state index in [4.69, 9.17) is 5.73 Å². The molecule has 1 heterocycles. The minimum absolute atomic E-state index is 0. The fourth-order valence-corrected chi connectivity index (χ4v) is 2.58. The van der Waals surface area contributed by atoms with E-state index in [2.05, 4.69) is 10.3 Å². The Morgan fingerprint density at radius 3 is 2.52 bits per heavy atom. The zero-order valence-corrected chi connectivity index (χ0v) is 14.1. The minimum Gasteiger partial charge on any atom is -0.399 e. The Hall–Kier alpha value is -1.30. The molecule has 3 N–H and O–H groups in total. The van der Waals surface area contributed by atoms with Crippen LogP contribution in [-0.4, -0.2) is 10.9 Å². The average Bonchev–Trinajstić information content (AvgIpc) is 2.92. The van der Waals surface area contributed by atoms with E-state index in [1.165, 1.54) is 0 Å². The maximum Gasteiger partial charge on any atom is 0.224 e. The second kappa shape index (κ2) is 9.60. The molecule has 1 aromatic heterocycles. The second-order valence-corrected chi connectivity index (χ2v) is 5.24. The number of halogens is 2. The van der Waals surface area contributed by atoms with Crippen molar-refractivity contribution in [2.24, 2.45) is 0 Å². The number of aromatic nitrogens is 1. The van der Waals surface area contributed by atoms with Gasteiger partial charge in [0.25, 0.3) is 0 Å². The molecule has 21 heavy (non-hydrogen) atoms. The van der Waals surface area contributed by atoms with Gasteiger partial charge in [-0.15, -0.1) is 36.2 Å². The average molecular weight is 348 g/mol. The fourth-order valence-electron chi connectivity index (χ4n) is 1.81. The van der Waals surface area contributed by atoms with E-state index in [1.807, 2.05) is 24.4 Å². The first-order chi connectivity index (χ1) is 9.19. The Balaban J connectivity index is 0.00000200. The van der Waals surface area contributed by atoms with E-state index in [-0.39, 0.29) is 36.8 Å². The molecular weight excluding hydrogens is 329 g/mol. The molecule has 1 atom stereocenters. The largest absolute Gasteiger partial charge is 0.399 e. The van der Waals surface area contributed by atoms with E-state index < -0.39 is 0 Å². The summed E-state index contributed by atoms with van der Waals surface area (Å²) in [5.41, 5.74) is 7.28. The number of carbonyl (C=O) groups is 1. The summed E-state index contributed by atoms with van der Waals surface area (Å²) in [6.45, 7) is 2.04. The third-order valence-corrected chi connectivity index (χ3v) is 3.73. The first-order valence-corrected chi connectivity index (χ1v) is 7.10. The molecule has 0 aliphatic heterocycles. The number of hydrogen-bond donors (Lipinski definition) is 2. The highest BCUT2D eigenvalue weighted by Crippen LogP contribution is 2.18. The standard InChI is InChI=1S/C14H17N3OS.2ClH/c1-2-12(14-16-7-8-19-14)17-13(18)9-10-3-5-11(15)6-4-10;;/h3-8,12H,2,9,15H2,1H3,(H,17,18);2*1H. The van der Waals surface area contributed by atoms with Gasteiger partial charge < -0.3 is 11.1 Å². The molecule has 1 amide bonds. The quantitative estimate of drug-likeness (QED) is 0.814. The molecule has 2 rings (SSSR count). The Morgan fingerprint density at radius 2 is 2.00 bits per heavy atom. The van der Waals surface area contributed by atoms with Crippen molar-refractivity contribution in [1.82, 2.24) is 10.3 Å². The summed E-state index contributed by atoms with van der Waals surface area (Å²) < 4.78 is 0. The van der Waals surface area contributed by atoms with E-state index >= 15 is 0 Å². The molecule has 0 spiro atoms. The molecule has 1 unspecified atom stereocenters. The Bertz CT molecular complexity index is 532. The molecule has 0 aliphatic carbocycles. The summed E-state index contributed by atoms with van der Waals surface area (Å²) >= 11 is 1.56. The highest BCUT2D eigenvalue weighted by atomic mass is 35.5. The van der Waals surface area contributed by atoms with Crippen molar-refractivity contribution in [3.63, 3.8) is 0 Å². The maximum absolute atomic E-state index is 12.0. The van der Waals surface area contributed by atoms with Crippen LogP contribution in [-0.2, 0) is 11.2 Å². The fraction of sp³-hybridized carbons (Fsp3) is 0.286. The molecular formula is C14H19Cl2N3OS. The number of nitrogens with zero attached hydrogens (tertiary/aromatic N) is 1. The van der Waals surface area contributed by atoms with Gasteiger partial charge in [0.05, 0.1) is 12.5 Å². The lowest BCUT2D eigenvalue weighted by molar-refractivity contribution is -0.121. The maximum atomic E-state index is 12.0. The molecule has 0 fully saturated rings. The molecule has 4 nitrogen and oxygen atoms in total. The minimum atomic E-state index is 0. The van der Waals surface area contributed by atoms with Crippen LogP contribution in [0.25, 0.3) is 0 Å². The third kappa shape index (κ3) is 5.91. The smallest absolute Gasteiger partial charge is 0.224 e. The van der Waals surface area contributed by atoms with Crippen molar-refractivity contribution in [2.75, 3.05) is 5.73 Å². The SMILES string of the molecule is CCC(NC(=O)Cc1ccc(N)cc1)c1nccs1.Cl.Cl. The van der Waals surface area contributed by atoms with Crippen molar-refractivity contribution in [3.05, 3.63) is 46.4 Å². The highest BCUT2D eigenvalue weighted by Gasteiger charge is 2.14. The van der Waals surface area contributed by atoms with Crippen LogP contribution < -0.4 is 11.1 Å². The lowest BCUT2D eigenvalue weighted by Crippen LogP contribution is -2.29. The number of thiazole rings is 1. The number of hydrogen-bond acceptors (Lipinski definition) is 4. The number of benzene rings is 1. The van der Waals surface area contributed by atoms with Crippen LogP contribution in [0.4, 0.5) is 5.69 Å². The third-order valence-electron chi connectivity index (χ3n) is 2.84. The Kier molecular flexibility index (Phi) is 9.01. The lowest BCUT2D eigenvalue weighted by atomic mass is 10.1. The van der Waals surface area contributed by atoms with Crippen molar-refractivity contribution >= 4 is 47.7 Å². The van der Waals surface area contributed by atoms with E-state index in [1.54, 1.807) is 29.7 Å². The normalized spacial score (nSPS) is 10.9. The monoisotopic (exact) mass is 347 g/mol. The van der Waals surface area contributed by atoms with Crippen molar-refractivity contribution in [3.8, 4) is 0 Å². The highest BCUT2D eigenvalue weighted by molar-refractivity contribution is 7.09. The lowest BCUT2D eigenvalue weighted by Gasteiger charge is -2.14. The number of nitrogen functional groups attached to an aromatic ring is 1. The van der Waals surface area contributed by atoms with Crippen molar-refractivity contribution < 1.29 is 4.79 Å². The number of amides is 1. The van der Waals surface area contributed by atoms with Gasteiger partial charge >= 0.3 is 0 Å². The Morgan fingerprint density at radius 1 is 1.33 bits per heavy atom. The number of rotatable bonds is 5. The second-order valence-electron chi connectivity index (χ2n) is 4.32. The molecule has 0 saturated carbocycles. The van der Waals surface area contributed by atoms with Gasteiger partial charge in [0, 0.05) is 17.3 Å². The van der Waals surface area contributed by atoms with Crippen LogP contribution in [0.1, 0.15) is 30.0 Å². The van der Waals surface area contributed by atoms with Crippen LogP contribution in [0.5, 0.6) is 0 Å². The predicted octanol–water partition coefficient (Wildman–Crippen LogP) is 3.38. The zero-order valence-electron chi connectivity index (χ0n) is 11.6. The van der Waals surface area contributed by atoms with Gasteiger partial charge in [-0.25, -0.2) is 4.98 Å². The van der Waals surface area contributed by atoms with E-state index in [9.17, 15) is 4.79 Å². The van der Waals surface area contributed by atoms with Gasteiger partial charge in [0.15, 0.2) is 0 Å². The van der Waals surface area contributed by atoms with Crippen LogP contribution in [0.3, 0.4) is 0 Å². The Labute approximate surface area is 141 Å². The summed E-state index contributed by atoms with van der Waals surface area (Å²) in [6, 6.07) is 7.36. The van der Waals surface area contributed by atoms with Crippen molar-refractivity contribution in [2.45, 2.75) is 25.8 Å². The zero-order chi connectivity index (χ0) is 13.7. The van der Waals surface area contributed by atoms with Gasteiger partial charge in [0.1, 0.15) is 5.01 Å². The summed E-state index contributed by atoms with van der Waals surface area (Å²) in [5, 5.41) is 5.88. The molecule has 7 heteroatoms. The summed E-state index contributed by atoms with van der Waals surface area (Å²) in [5.74, 6) is 0.00632.